The number of rotatable bonds is 3. The topological polar surface area (TPSA) is 67.2 Å². The van der Waals surface area contributed by atoms with E-state index in [1.54, 1.807) is 0 Å². The van der Waals surface area contributed by atoms with Gasteiger partial charge in [0.1, 0.15) is 4.83 Å². The van der Waals surface area contributed by atoms with Crippen LogP contribution in [0.5, 0.6) is 0 Å². The minimum atomic E-state index is 0.0855. The molecule has 3 aromatic heterocycles. The molecule has 1 aromatic carbocycles. The third-order valence-corrected chi connectivity index (χ3v) is 6.92. The Hall–Kier alpha value is -3.26. The molecule has 8 heteroatoms. The summed E-state index contributed by atoms with van der Waals surface area (Å²) in [7, 11) is 0. The van der Waals surface area contributed by atoms with Gasteiger partial charge >= 0.3 is 0 Å². The number of piperazine rings is 1. The first-order valence-corrected chi connectivity index (χ1v) is 11.6. The SMILES string of the molecule is Cc1cccc(-n2nc(C)c3cc(C(=O)N4CCN(c5nc(C)cc(C)n5)CC4)sc32)c1. The van der Waals surface area contributed by atoms with Gasteiger partial charge in [0.2, 0.25) is 5.95 Å². The fraction of sp³-hybridized carbons (Fsp3) is 0.333. The van der Waals surface area contributed by atoms with Gasteiger partial charge in [0, 0.05) is 43.0 Å². The highest BCUT2D eigenvalue weighted by Gasteiger charge is 2.26. The molecule has 0 atom stereocenters. The summed E-state index contributed by atoms with van der Waals surface area (Å²) >= 11 is 1.52. The van der Waals surface area contributed by atoms with Gasteiger partial charge in [-0.05, 0) is 57.5 Å². The number of hydrogen-bond acceptors (Lipinski definition) is 6. The molecule has 0 unspecified atom stereocenters. The van der Waals surface area contributed by atoms with Crippen LogP contribution in [0.1, 0.15) is 32.3 Å². The Morgan fingerprint density at radius 3 is 2.34 bits per heavy atom. The van der Waals surface area contributed by atoms with Gasteiger partial charge in [-0.15, -0.1) is 11.3 Å². The minimum Gasteiger partial charge on any atom is -0.337 e. The number of amides is 1. The second kappa shape index (κ2) is 8.02. The molecule has 0 radical (unpaired) electrons. The van der Waals surface area contributed by atoms with Crippen LogP contribution in [0.15, 0.2) is 36.4 Å². The molecule has 0 N–H and O–H groups in total. The van der Waals surface area contributed by atoms with Gasteiger partial charge in [0.15, 0.2) is 0 Å². The lowest BCUT2D eigenvalue weighted by Crippen LogP contribution is -2.49. The predicted molar refractivity (Wildman–Crippen MR) is 128 cm³/mol. The number of nitrogens with zero attached hydrogens (tertiary/aromatic N) is 6. The monoisotopic (exact) mass is 446 g/mol. The Balaban J connectivity index is 1.36. The van der Waals surface area contributed by atoms with Crippen molar-refractivity contribution in [2.24, 2.45) is 0 Å². The highest BCUT2D eigenvalue weighted by atomic mass is 32.1. The van der Waals surface area contributed by atoms with E-state index in [2.05, 4.69) is 33.9 Å². The van der Waals surface area contributed by atoms with Gasteiger partial charge in [0.05, 0.1) is 16.3 Å². The van der Waals surface area contributed by atoms with Gasteiger partial charge in [-0.2, -0.15) is 5.10 Å². The molecule has 1 saturated heterocycles. The number of hydrogen-bond donors (Lipinski definition) is 0. The van der Waals surface area contributed by atoms with Crippen LogP contribution in [-0.2, 0) is 0 Å². The molecule has 4 aromatic rings. The van der Waals surface area contributed by atoms with E-state index in [0.717, 1.165) is 56.9 Å². The first-order valence-electron chi connectivity index (χ1n) is 10.8. The largest absolute Gasteiger partial charge is 0.337 e. The summed E-state index contributed by atoms with van der Waals surface area (Å²) in [6.45, 7) is 10.8. The molecule has 7 nitrogen and oxygen atoms in total. The van der Waals surface area contributed by atoms with Gasteiger partial charge in [-0.25, -0.2) is 14.6 Å². The molecule has 4 heterocycles. The molecule has 1 aliphatic heterocycles. The van der Waals surface area contributed by atoms with Crippen molar-refractivity contribution < 1.29 is 4.79 Å². The van der Waals surface area contributed by atoms with Crippen molar-refractivity contribution in [3.63, 3.8) is 0 Å². The molecule has 0 spiro atoms. The summed E-state index contributed by atoms with van der Waals surface area (Å²) in [6, 6.07) is 12.2. The molecule has 1 fully saturated rings. The average Bonchev–Trinajstić information content (AvgIpc) is 3.33. The van der Waals surface area contributed by atoms with Crippen molar-refractivity contribution in [2.75, 3.05) is 31.1 Å². The maximum atomic E-state index is 13.3. The van der Waals surface area contributed by atoms with Crippen molar-refractivity contribution in [3.8, 4) is 5.69 Å². The zero-order valence-electron chi connectivity index (χ0n) is 18.8. The second-order valence-corrected chi connectivity index (χ2v) is 9.43. The highest BCUT2D eigenvalue weighted by Crippen LogP contribution is 2.31. The van der Waals surface area contributed by atoms with Crippen LogP contribution in [0.3, 0.4) is 0 Å². The zero-order chi connectivity index (χ0) is 22.4. The second-order valence-electron chi connectivity index (χ2n) is 8.40. The fourth-order valence-electron chi connectivity index (χ4n) is 4.20. The van der Waals surface area contributed by atoms with Crippen molar-refractivity contribution >= 4 is 33.4 Å². The summed E-state index contributed by atoms with van der Waals surface area (Å²) in [5.74, 6) is 0.840. The highest BCUT2D eigenvalue weighted by molar-refractivity contribution is 7.20. The third-order valence-electron chi connectivity index (χ3n) is 5.82. The summed E-state index contributed by atoms with van der Waals surface area (Å²) < 4.78 is 1.95. The van der Waals surface area contributed by atoms with E-state index in [1.807, 2.05) is 54.6 Å². The Kier molecular flexibility index (Phi) is 5.17. The Bertz CT molecular complexity index is 1300. The van der Waals surface area contributed by atoms with Gasteiger partial charge in [-0.3, -0.25) is 4.79 Å². The molecule has 164 valence electrons. The summed E-state index contributed by atoms with van der Waals surface area (Å²) in [5.41, 5.74) is 5.07. The molecule has 0 saturated carbocycles. The molecule has 5 rings (SSSR count). The normalized spacial score (nSPS) is 14.4. The van der Waals surface area contributed by atoms with Crippen LogP contribution in [0.4, 0.5) is 5.95 Å². The Morgan fingerprint density at radius 1 is 0.938 bits per heavy atom. The van der Waals surface area contributed by atoms with Crippen molar-refractivity contribution in [1.82, 2.24) is 24.6 Å². The third kappa shape index (κ3) is 3.75. The zero-order valence-corrected chi connectivity index (χ0v) is 19.6. The molecular weight excluding hydrogens is 420 g/mol. The van der Waals surface area contributed by atoms with E-state index >= 15 is 0 Å². The van der Waals surface area contributed by atoms with E-state index < -0.39 is 0 Å². The summed E-state index contributed by atoms with van der Waals surface area (Å²) in [6.07, 6.45) is 0. The van der Waals surface area contributed by atoms with E-state index in [9.17, 15) is 4.79 Å². The van der Waals surface area contributed by atoms with Crippen molar-refractivity contribution in [3.05, 3.63) is 63.9 Å². The molecule has 1 amide bonds. The number of anilines is 1. The van der Waals surface area contributed by atoms with Crippen LogP contribution >= 0.6 is 11.3 Å². The number of benzene rings is 1. The smallest absolute Gasteiger partial charge is 0.264 e. The molecule has 1 aliphatic rings. The molecule has 0 bridgehead atoms. The van der Waals surface area contributed by atoms with Crippen LogP contribution in [0.25, 0.3) is 15.9 Å². The van der Waals surface area contributed by atoms with E-state index in [0.29, 0.717) is 13.1 Å². The van der Waals surface area contributed by atoms with Crippen LogP contribution in [-0.4, -0.2) is 56.7 Å². The number of carbonyl (C=O) groups excluding carboxylic acids is 1. The van der Waals surface area contributed by atoms with E-state index in [1.165, 1.54) is 16.9 Å². The summed E-state index contributed by atoms with van der Waals surface area (Å²) in [5, 5.41) is 5.76. The quantitative estimate of drug-likeness (QED) is 0.475. The van der Waals surface area contributed by atoms with E-state index in [4.69, 9.17) is 5.10 Å². The number of carbonyl (C=O) groups is 1. The lowest BCUT2D eigenvalue weighted by Gasteiger charge is -2.34. The first-order chi connectivity index (χ1) is 15.4. The minimum absolute atomic E-state index is 0.0855. The maximum Gasteiger partial charge on any atom is 0.264 e. The number of aromatic nitrogens is 4. The predicted octanol–water partition coefficient (Wildman–Crippen LogP) is 4.07. The lowest BCUT2D eigenvalue weighted by atomic mass is 10.2. The average molecular weight is 447 g/mol. The summed E-state index contributed by atoms with van der Waals surface area (Å²) in [4.78, 5) is 28.3. The number of thiophene rings is 1. The van der Waals surface area contributed by atoms with Crippen LogP contribution in [0.2, 0.25) is 0 Å². The number of aryl methyl sites for hydroxylation is 4. The number of fused-ring (bicyclic) bond motifs is 1. The van der Waals surface area contributed by atoms with E-state index in [-0.39, 0.29) is 5.91 Å². The lowest BCUT2D eigenvalue weighted by molar-refractivity contribution is 0.0751. The molecule has 32 heavy (non-hydrogen) atoms. The standard InChI is InChI=1S/C24H26N6OS/c1-15-6-5-7-19(12-15)30-23-20(18(4)27-30)14-21(32-23)22(31)28-8-10-29(11-9-28)24-25-16(2)13-17(3)26-24/h5-7,12-14H,8-11H2,1-4H3. The van der Waals surface area contributed by atoms with Crippen LogP contribution < -0.4 is 4.90 Å². The Labute approximate surface area is 191 Å². The fourth-order valence-corrected chi connectivity index (χ4v) is 5.35. The van der Waals surface area contributed by atoms with Crippen LogP contribution in [0, 0.1) is 27.7 Å². The molecular formula is C24H26N6OS. The first kappa shape index (κ1) is 20.6. The molecule has 0 aliphatic carbocycles. The van der Waals surface area contributed by atoms with Gasteiger partial charge in [-0.1, -0.05) is 12.1 Å². The Morgan fingerprint density at radius 2 is 1.66 bits per heavy atom. The van der Waals surface area contributed by atoms with Crippen molar-refractivity contribution in [2.45, 2.75) is 27.7 Å². The van der Waals surface area contributed by atoms with Gasteiger partial charge in [0.25, 0.3) is 5.91 Å². The van der Waals surface area contributed by atoms with Crippen molar-refractivity contribution in [1.29, 1.82) is 0 Å². The van der Waals surface area contributed by atoms with Gasteiger partial charge < -0.3 is 9.80 Å². The maximum absolute atomic E-state index is 13.3.